The van der Waals surface area contributed by atoms with Crippen LogP contribution in [0.15, 0.2) is 70.8 Å². The van der Waals surface area contributed by atoms with E-state index in [-0.39, 0.29) is 0 Å². The Kier molecular flexibility index (Phi) is 6.27. The molecule has 0 spiro atoms. The molecule has 0 aliphatic heterocycles. The molecule has 0 heterocycles. The summed E-state index contributed by atoms with van der Waals surface area (Å²) in [5, 5.41) is 0. The van der Waals surface area contributed by atoms with E-state index in [1.54, 1.807) is 0 Å². The normalized spacial score (nSPS) is 12.9. The summed E-state index contributed by atoms with van der Waals surface area (Å²) in [6.07, 6.45) is 2.24. The Labute approximate surface area is 135 Å². The smallest absolute Gasteiger partial charge is 0.0264 e. The summed E-state index contributed by atoms with van der Waals surface area (Å²) < 4.78 is 2.10. The minimum absolute atomic E-state index is 0.423. The molecule has 2 aromatic carbocycles. The third kappa shape index (κ3) is 4.76. The largest absolute Gasteiger partial charge is 0.289 e. The first-order valence-electron chi connectivity index (χ1n) is 6.88. The van der Waals surface area contributed by atoms with Crippen LogP contribution < -0.4 is 0 Å². The van der Waals surface area contributed by atoms with E-state index in [1.807, 2.05) is 0 Å². The van der Waals surface area contributed by atoms with Gasteiger partial charge in [-0.3, -0.25) is 4.90 Å². The third-order valence-electron chi connectivity index (χ3n) is 3.38. The van der Waals surface area contributed by atoms with Gasteiger partial charge in [-0.2, -0.15) is 0 Å². The van der Waals surface area contributed by atoms with Gasteiger partial charge in [-0.15, -0.1) is 0 Å². The Morgan fingerprint density at radius 3 is 1.75 bits per heavy atom. The van der Waals surface area contributed by atoms with Crippen LogP contribution >= 0.6 is 22.6 Å². The SMILES string of the molecule is C[C@@H](/C=C/I)N(Cc1ccccc1)Cc1ccccc1. The van der Waals surface area contributed by atoms with E-state index >= 15 is 0 Å². The molecule has 2 aromatic rings. The summed E-state index contributed by atoms with van der Waals surface area (Å²) in [5.41, 5.74) is 2.72. The Bertz CT molecular complexity index is 480. The highest BCUT2D eigenvalue weighted by molar-refractivity contribution is 14.1. The lowest BCUT2D eigenvalue weighted by molar-refractivity contribution is 0.223. The predicted octanol–water partition coefficient (Wildman–Crippen LogP) is 5.03. The average molecular weight is 377 g/mol. The summed E-state index contributed by atoms with van der Waals surface area (Å²) in [4.78, 5) is 2.49. The second kappa shape index (κ2) is 8.22. The summed E-state index contributed by atoms with van der Waals surface area (Å²) in [5.74, 6) is 0. The molecule has 0 aliphatic carbocycles. The highest BCUT2D eigenvalue weighted by atomic mass is 127. The van der Waals surface area contributed by atoms with Crippen molar-refractivity contribution in [3.8, 4) is 0 Å². The van der Waals surface area contributed by atoms with Crippen LogP contribution in [0.25, 0.3) is 0 Å². The second-order valence-electron chi connectivity index (χ2n) is 4.94. The predicted molar refractivity (Wildman–Crippen MR) is 94.8 cm³/mol. The molecule has 1 nitrogen and oxygen atoms in total. The molecule has 0 unspecified atom stereocenters. The van der Waals surface area contributed by atoms with Crippen molar-refractivity contribution < 1.29 is 0 Å². The van der Waals surface area contributed by atoms with Gasteiger partial charge in [0.05, 0.1) is 0 Å². The lowest BCUT2D eigenvalue weighted by atomic mass is 10.1. The molecule has 0 saturated carbocycles. The van der Waals surface area contributed by atoms with Gasteiger partial charge < -0.3 is 0 Å². The maximum Gasteiger partial charge on any atom is 0.0264 e. The van der Waals surface area contributed by atoms with Gasteiger partial charge in [0.25, 0.3) is 0 Å². The monoisotopic (exact) mass is 377 g/mol. The van der Waals surface area contributed by atoms with Gasteiger partial charge in [0.2, 0.25) is 0 Å². The zero-order valence-corrected chi connectivity index (χ0v) is 13.9. The Morgan fingerprint density at radius 2 is 1.35 bits per heavy atom. The summed E-state index contributed by atoms with van der Waals surface area (Å²) in [6.45, 7) is 4.19. The molecule has 0 saturated heterocycles. The molecule has 0 aliphatic rings. The van der Waals surface area contributed by atoms with Crippen LogP contribution in [0.4, 0.5) is 0 Å². The first-order valence-corrected chi connectivity index (χ1v) is 8.13. The number of benzene rings is 2. The van der Waals surface area contributed by atoms with Crippen LogP contribution in [-0.2, 0) is 13.1 Å². The Balaban J connectivity index is 2.12. The molecule has 2 heteroatoms. The fraction of sp³-hybridized carbons (Fsp3) is 0.222. The molecule has 104 valence electrons. The standard InChI is InChI=1S/C18H20IN/c1-16(12-13-19)20(14-17-8-4-2-5-9-17)15-18-10-6-3-7-11-18/h2-13,16H,14-15H2,1H3/b13-12+/t16-/m0/s1. The molecule has 0 N–H and O–H groups in total. The molecule has 1 atom stereocenters. The molecule has 0 fully saturated rings. The molecule has 0 radical (unpaired) electrons. The lowest BCUT2D eigenvalue weighted by Gasteiger charge is -2.27. The van der Waals surface area contributed by atoms with E-state index in [4.69, 9.17) is 0 Å². The summed E-state index contributed by atoms with van der Waals surface area (Å²) >= 11 is 2.29. The molecule has 20 heavy (non-hydrogen) atoms. The number of hydrogen-bond acceptors (Lipinski definition) is 1. The Morgan fingerprint density at radius 1 is 0.900 bits per heavy atom. The first kappa shape index (κ1) is 15.3. The van der Waals surface area contributed by atoms with E-state index in [9.17, 15) is 0 Å². The third-order valence-corrected chi connectivity index (χ3v) is 3.80. The van der Waals surface area contributed by atoms with Crippen molar-refractivity contribution in [2.75, 3.05) is 0 Å². The number of hydrogen-bond donors (Lipinski definition) is 0. The van der Waals surface area contributed by atoms with E-state index < -0.39 is 0 Å². The van der Waals surface area contributed by atoms with Gasteiger partial charge in [0.1, 0.15) is 0 Å². The quantitative estimate of drug-likeness (QED) is 0.639. The van der Waals surface area contributed by atoms with Crippen molar-refractivity contribution >= 4 is 22.6 Å². The maximum absolute atomic E-state index is 2.49. The maximum atomic E-state index is 2.49. The van der Waals surface area contributed by atoms with Crippen molar-refractivity contribution in [2.45, 2.75) is 26.1 Å². The fourth-order valence-corrected chi connectivity index (χ4v) is 2.81. The fourth-order valence-electron chi connectivity index (χ4n) is 2.21. The minimum Gasteiger partial charge on any atom is -0.289 e. The van der Waals surface area contributed by atoms with Gasteiger partial charge in [0, 0.05) is 19.1 Å². The number of rotatable bonds is 6. The lowest BCUT2D eigenvalue weighted by Crippen LogP contribution is -2.30. The van der Waals surface area contributed by atoms with E-state index in [0.29, 0.717) is 6.04 Å². The van der Waals surface area contributed by atoms with Crippen LogP contribution in [0.2, 0.25) is 0 Å². The van der Waals surface area contributed by atoms with Crippen molar-refractivity contribution in [1.29, 1.82) is 0 Å². The molecule has 0 amide bonds. The minimum atomic E-state index is 0.423. The summed E-state index contributed by atoms with van der Waals surface area (Å²) in [6, 6.07) is 21.8. The van der Waals surface area contributed by atoms with Gasteiger partial charge in [-0.25, -0.2) is 0 Å². The average Bonchev–Trinajstić information content (AvgIpc) is 2.49. The first-order chi connectivity index (χ1) is 9.79. The van der Waals surface area contributed by atoms with Crippen LogP contribution in [0.1, 0.15) is 18.1 Å². The van der Waals surface area contributed by atoms with Gasteiger partial charge >= 0.3 is 0 Å². The van der Waals surface area contributed by atoms with Crippen molar-refractivity contribution in [3.05, 3.63) is 81.9 Å². The number of halogens is 1. The van der Waals surface area contributed by atoms with Crippen LogP contribution in [0.5, 0.6) is 0 Å². The topological polar surface area (TPSA) is 3.24 Å². The van der Waals surface area contributed by atoms with E-state index in [0.717, 1.165) is 13.1 Å². The van der Waals surface area contributed by atoms with Crippen LogP contribution in [0, 0.1) is 0 Å². The van der Waals surface area contributed by atoms with E-state index in [2.05, 4.69) is 105 Å². The van der Waals surface area contributed by atoms with Crippen molar-refractivity contribution in [2.24, 2.45) is 0 Å². The van der Waals surface area contributed by atoms with Crippen LogP contribution in [0.3, 0.4) is 0 Å². The zero-order chi connectivity index (χ0) is 14.2. The van der Waals surface area contributed by atoms with Gasteiger partial charge in [-0.1, -0.05) is 89.3 Å². The zero-order valence-electron chi connectivity index (χ0n) is 11.7. The Hall–Kier alpha value is -1.13. The second-order valence-corrected chi connectivity index (χ2v) is 5.65. The molecular formula is C18H20IN. The van der Waals surface area contributed by atoms with Crippen molar-refractivity contribution in [1.82, 2.24) is 4.90 Å². The van der Waals surface area contributed by atoms with Crippen molar-refractivity contribution in [3.63, 3.8) is 0 Å². The van der Waals surface area contributed by atoms with Crippen LogP contribution in [-0.4, -0.2) is 10.9 Å². The van der Waals surface area contributed by atoms with Gasteiger partial charge in [-0.05, 0) is 22.1 Å². The van der Waals surface area contributed by atoms with Gasteiger partial charge in [0.15, 0.2) is 0 Å². The van der Waals surface area contributed by atoms with E-state index in [1.165, 1.54) is 11.1 Å². The number of nitrogens with zero attached hydrogens (tertiary/aromatic N) is 1. The molecule has 0 bridgehead atoms. The highest BCUT2D eigenvalue weighted by Crippen LogP contribution is 2.14. The molecule has 2 rings (SSSR count). The summed E-state index contributed by atoms with van der Waals surface area (Å²) in [7, 11) is 0. The molecule has 0 aromatic heterocycles. The molecular weight excluding hydrogens is 357 g/mol. The highest BCUT2D eigenvalue weighted by Gasteiger charge is 2.12.